The Kier molecular flexibility index (Phi) is 584. The maximum Gasteiger partial charge on any atom is 0.334 e. The van der Waals surface area contributed by atoms with E-state index in [1.807, 2.05) is 0 Å². The number of alkyl halides is 6. The molecule has 0 N–H and O–H groups in total. The molecule has 0 fully saturated rings. The molecule has 0 aromatic heterocycles. The van der Waals surface area contributed by atoms with Crippen LogP contribution in [0, 0.1) is 0 Å². The molecule has 0 aliphatic heterocycles. The first-order valence-electron chi connectivity index (χ1n) is 3.04. The summed E-state index contributed by atoms with van der Waals surface area (Å²) in [5.74, 6) is 0. The van der Waals surface area contributed by atoms with Crippen LogP contribution >= 0.6 is 137 Å². The Morgan fingerprint density at radius 3 is 0.429 bits per heavy atom. The van der Waals surface area contributed by atoms with E-state index in [0.29, 0.717) is 69.5 Å². The third-order valence-electron chi connectivity index (χ3n) is 0.143. The second-order valence-corrected chi connectivity index (χ2v) is 2.55. The van der Waals surface area contributed by atoms with Gasteiger partial charge in [0.25, 0.3) is 0 Å². The monoisotopic (exact) mass is 1130 g/mol. The molecule has 0 spiro atoms. The zero-order valence-corrected chi connectivity index (χ0v) is 22.1. The van der Waals surface area contributed by atoms with E-state index in [9.17, 15) is 39.3 Å². The zero-order chi connectivity index (χ0) is 19.3. The minimum atomic E-state index is -2.91. The highest BCUT2D eigenvalue weighted by Gasteiger charge is 1.98. The molecule has 28 heavy (non-hydrogen) atoms. The highest BCUT2D eigenvalue weighted by atomic mass is 127. The Morgan fingerprint density at radius 2 is 0.429 bits per heavy atom. The van der Waals surface area contributed by atoms with Crippen molar-refractivity contribution in [3.63, 3.8) is 0 Å². The van der Waals surface area contributed by atoms with Gasteiger partial charge >= 0.3 is 12.2 Å². The third-order valence-corrected chi connectivity index (χ3v) is 0.143. The van der Waals surface area contributed by atoms with Crippen molar-refractivity contribution in [2.75, 3.05) is 14.0 Å². The topological polar surface area (TPSA) is 0 Å². The highest BCUT2D eigenvalue weighted by Crippen LogP contribution is 2.08. The molecule has 0 saturated carbocycles. The van der Waals surface area contributed by atoms with Gasteiger partial charge in [0.05, 0.1) is 0 Å². The predicted octanol–water partition coefficient (Wildman–Crippen LogP) is 14.4. The van der Waals surface area contributed by atoms with Crippen molar-refractivity contribution in [3.8, 4) is 0 Å². The van der Waals surface area contributed by atoms with Crippen molar-refractivity contribution in [3.05, 3.63) is 12.2 Å². The molecule has 0 aliphatic rings. The van der Waals surface area contributed by atoms with E-state index in [1.165, 1.54) is 0 Å². The second-order valence-electron chi connectivity index (χ2n) is 0.824. The summed E-state index contributed by atoms with van der Waals surface area (Å²) < 4.78 is 99.6. The van der Waals surface area contributed by atoms with Crippen molar-refractivity contribution in [1.82, 2.24) is 0 Å². The van der Waals surface area contributed by atoms with Crippen LogP contribution in [0.4, 0.5) is 39.3 Å². The number of hydrogen-bond acceptors (Lipinski definition) is 0. The third kappa shape index (κ3) is 432. The smallest absolute Gasteiger partial charge is 0.240 e. The first-order valence-corrected chi connectivity index (χ1v) is 10.1. The molecule has 0 heterocycles. The molecule has 0 radical (unpaired) electrons. The van der Waals surface area contributed by atoms with Crippen LogP contribution in [0.25, 0.3) is 0 Å². The van der Waals surface area contributed by atoms with Gasteiger partial charge in [0.2, 0.25) is 0 Å². The first kappa shape index (κ1) is 95.8. The van der Waals surface area contributed by atoms with E-state index in [4.69, 9.17) is 0 Å². The van der Waals surface area contributed by atoms with Crippen LogP contribution in [0.2, 0.25) is 0 Å². The van der Waals surface area contributed by atoms with Gasteiger partial charge in [0, 0.05) is 0 Å². The van der Waals surface area contributed by atoms with Crippen LogP contribution in [-0.2, 0) is 0 Å². The number of halogens is 16. The van der Waals surface area contributed by atoms with Crippen molar-refractivity contribution < 1.29 is 39.3 Å². The summed E-state index contributed by atoms with van der Waals surface area (Å²) in [4.78, 5) is 0. The summed E-state index contributed by atoms with van der Waals surface area (Å²) in [6.07, 6.45) is -5.81. The quantitative estimate of drug-likeness (QED) is 0.129. The lowest BCUT2D eigenvalue weighted by Crippen LogP contribution is -1.56. The van der Waals surface area contributed by atoms with Gasteiger partial charge in [-0.2, -0.15) is 26.1 Å². The molecular weight excluding hydrogens is 1100 g/mol. The van der Waals surface area contributed by atoms with Crippen molar-refractivity contribution in [1.29, 1.82) is 0 Å². The summed E-state index contributed by atoms with van der Waals surface area (Å²) in [5, 5.41) is 0. The van der Waals surface area contributed by atoms with Crippen LogP contribution in [0.1, 0.15) is 52.0 Å². The van der Waals surface area contributed by atoms with Gasteiger partial charge in [-0.05, 0) is 67.8 Å². The molecule has 0 amide bonds. The lowest BCUT2D eigenvalue weighted by atomic mass is 11.1. The normalized spacial score (nSPS) is 4.29. The molecule has 0 nitrogen and oxygen atoms in total. The number of rotatable bonds is 0. The van der Waals surface area contributed by atoms with E-state index in [-0.39, 0.29) is 66.0 Å². The molecule has 0 unspecified atom stereocenters. The average molecular weight is 1130 g/mol. The molecule has 16 heteroatoms. The van der Waals surface area contributed by atoms with Gasteiger partial charge in [0.1, 0.15) is 14.0 Å². The fourth-order valence-electron chi connectivity index (χ4n) is 0. The van der Waals surface area contributed by atoms with E-state index < -0.39 is 12.2 Å². The largest absolute Gasteiger partial charge is 0.334 e. The lowest BCUT2D eigenvalue weighted by molar-refractivity contribution is 0.308. The van der Waals surface area contributed by atoms with E-state index in [2.05, 4.69) is 0 Å². The molecule has 0 aromatic carbocycles. The molecule has 0 rings (SSSR count). The van der Waals surface area contributed by atoms with Crippen molar-refractivity contribution in [2.45, 2.75) is 52.0 Å². The Balaban J connectivity index is -0.00000000680. The molecule has 0 atom stereocenters. The summed E-state index contributed by atoms with van der Waals surface area (Å²) >= 11 is 6.82. The molecule has 0 saturated heterocycles. The van der Waals surface area contributed by atoms with Gasteiger partial charge in [0.15, 0.2) is 69.5 Å². The van der Waals surface area contributed by atoms with Crippen LogP contribution < -0.4 is 0 Å². The Morgan fingerprint density at radius 1 is 0.393 bits per heavy atom. The molecule has 0 aliphatic carbocycles. The second kappa shape index (κ2) is 171. The van der Waals surface area contributed by atoms with Crippen molar-refractivity contribution >= 4 is 137 Å². The Bertz CT molecular complexity index is 119. The summed E-state index contributed by atoms with van der Waals surface area (Å²) in [5.41, 5.74) is 0. The van der Waals surface area contributed by atoms with Crippen LogP contribution in [-0.4, -0.2) is 14.0 Å². The minimum absolute atomic E-state index is 0. The summed E-state index contributed by atoms with van der Waals surface area (Å²) in [6.45, 7) is 0. The van der Waals surface area contributed by atoms with Gasteiger partial charge < -0.3 is 0 Å². The predicted molar refractivity (Wildman–Crippen MR) is 164 cm³/mol. The lowest BCUT2D eigenvalue weighted by Gasteiger charge is -1.69. The van der Waals surface area contributed by atoms with Crippen LogP contribution in [0.15, 0.2) is 12.2 Å². The van der Waals surface area contributed by atoms with E-state index >= 15 is 0 Å². The summed E-state index contributed by atoms with van der Waals surface area (Å²) in [6, 6.07) is 0. The number of hydrogen-bond donors (Lipinski definition) is 0. The van der Waals surface area contributed by atoms with E-state index in [1.54, 1.807) is 67.8 Å². The highest BCUT2D eigenvalue weighted by molar-refractivity contribution is 14.1. The average Bonchev–Trinajstić information content (AvgIpc) is 2.48. The fourth-order valence-corrected chi connectivity index (χ4v) is 0. The van der Waals surface area contributed by atoms with Gasteiger partial charge in [-0.25, -0.2) is 13.2 Å². The molecular formula is C12H34F10I6. The summed E-state index contributed by atoms with van der Waals surface area (Å²) in [7, 11) is 0. The van der Waals surface area contributed by atoms with Gasteiger partial charge in [-0.15, -0.1) is 0 Å². The Hall–Kier alpha value is 3.42. The van der Waals surface area contributed by atoms with Crippen LogP contribution in [0.3, 0.4) is 0 Å². The minimum Gasteiger partial charge on any atom is -0.240 e. The fraction of sp³-hybridized carbons (Fsp3) is 0.833. The van der Waals surface area contributed by atoms with E-state index in [0.717, 1.165) is 0 Å². The van der Waals surface area contributed by atoms with Crippen LogP contribution in [0.5, 0.6) is 0 Å². The molecule has 194 valence electrons. The van der Waals surface area contributed by atoms with Gasteiger partial charge in [-0.1, -0.05) is 52.0 Å². The first-order chi connectivity index (χ1) is 9.89. The van der Waals surface area contributed by atoms with Gasteiger partial charge in [-0.3, -0.25) is 0 Å². The van der Waals surface area contributed by atoms with Crippen molar-refractivity contribution in [2.24, 2.45) is 0 Å². The Labute approximate surface area is 251 Å². The maximum atomic E-state index is 10.3. The standard InChI is InChI=1S/C2F4.3CH2FI.7CH4.3FI/c3-1(4)2(5)6;3*2-1-3;;;;;;;;3*1-2/h;3*1H2;7*1H4;;;. The molecule has 0 aromatic rings. The maximum absolute atomic E-state index is 10.3. The zero-order valence-electron chi connectivity index (χ0n) is 9.17. The SMILES string of the molecule is C.C.C.C.C.C.C.FC(F)=C(F)F.FCI.FCI.FCI.FI.FI.FI. The molecule has 0 bridgehead atoms.